The van der Waals surface area contributed by atoms with Crippen molar-refractivity contribution >= 4 is 61.3 Å². The van der Waals surface area contributed by atoms with Crippen LogP contribution in [0.5, 0.6) is 0 Å². The van der Waals surface area contributed by atoms with Gasteiger partial charge < -0.3 is 5.32 Å². The number of aryl methyl sites for hydroxylation is 1. The largest absolute Gasteiger partial charge is 0.324 e. The van der Waals surface area contributed by atoms with Crippen LogP contribution in [-0.4, -0.2) is 14.3 Å². The number of rotatable bonds is 6. The number of amides is 1. The second-order valence-electron chi connectivity index (χ2n) is 7.57. The molecule has 1 amide bonds. The second kappa shape index (κ2) is 9.43. The molecule has 0 aromatic heterocycles. The zero-order chi connectivity index (χ0) is 23.6. The number of benzene rings is 4. The summed E-state index contributed by atoms with van der Waals surface area (Å²) < 4.78 is 28.2. The molecule has 0 aliphatic heterocycles. The van der Waals surface area contributed by atoms with Crippen LogP contribution in [0.2, 0.25) is 10.0 Å². The van der Waals surface area contributed by atoms with E-state index in [1.807, 2.05) is 49.4 Å². The van der Waals surface area contributed by atoms with Crippen LogP contribution >= 0.6 is 23.2 Å². The van der Waals surface area contributed by atoms with Crippen LogP contribution in [0.3, 0.4) is 0 Å². The summed E-state index contributed by atoms with van der Waals surface area (Å²) in [5.74, 6) is -0.305. The first kappa shape index (κ1) is 23.1. The second-order valence-corrected chi connectivity index (χ2v) is 10.1. The molecule has 8 heteroatoms. The van der Waals surface area contributed by atoms with E-state index in [9.17, 15) is 13.2 Å². The summed E-state index contributed by atoms with van der Waals surface area (Å²) in [5, 5.41) is 5.44. The molecule has 0 saturated heterocycles. The summed E-state index contributed by atoms with van der Waals surface area (Å²) in [6.07, 6.45) is 0.120. The van der Waals surface area contributed by atoms with Gasteiger partial charge in [-0.2, -0.15) is 0 Å². The lowest BCUT2D eigenvalue weighted by molar-refractivity contribution is -0.115. The summed E-state index contributed by atoms with van der Waals surface area (Å²) in [4.78, 5) is 12.7. The minimum Gasteiger partial charge on any atom is -0.324 e. The quantitative estimate of drug-likeness (QED) is 0.321. The maximum Gasteiger partial charge on any atom is 0.261 e. The number of nitrogens with one attached hydrogen (secondary N) is 2. The first-order chi connectivity index (χ1) is 15.7. The smallest absolute Gasteiger partial charge is 0.261 e. The molecule has 0 saturated carbocycles. The van der Waals surface area contributed by atoms with E-state index in [1.165, 1.54) is 24.3 Å². The number of carbonyl (C=O) groups excluding carboxylic acids is 1. The van der Waals surface area contributed by atoms with E-state index in [-0.39, 0.29) is 27.9 Å². The lowest BCUT2D eigenvalue weighted by Gasteiger charge is -2.13. The highest BCUT2D eigenvalue weighted by Crippen LogP contribution is 2.28. The Morgan fingerprint density at radius 2 is 1.64 bits per heavy atom. The highest BCUT2D eigenvalue weighted by molar-refractivity contribution is 7.92. The average Bonchev–Trinajstić information content (AvgIpc) is 2.78. The molecular weight excluding hydrogens is 479 g/mol. The molecule has 0 atom stereocenters. The van der Waals surface area contributed by atoms with E-state index in [0.29, 0.717) is 10.7 Å². The molecule has 0 bridgehead atoms. The summed E-state index contributed by atoms with van der Waals surface area (Å²) in [7, 11) is -3.92. The van der Waals surface area contributed by atoms with E-state index >= 15 is 0 Å². The molecule has 0 unspecified atom stereocenters. The number of hydrogen-bond acceptors (Lipinski definition) is 3. The molecule has 168 valence electrons. The van der Waals surface area contributed by atoms with Gasteiger partial charge in [-0.15, -0.1) is 0 Å². The molecule has 4 rings (SSSR count). The minimum atomic E-state index is -3.92. The van der Waals surface area contributed by atoms with E-state index in [4.69, 9.17) is 23.2 Å². The zero-order valence-electron chi connectivity index (χ0n) is 17.6. The SMILES string of the molecule is Cc1ccc(NS(=O)(=O)c2ccc(Cl)c(NC(=O)Cc3cccc4ccccc34)c2)cc1Cl. The van der Waals surface area contributed by atoms with Crippen molar-refractivity contribution in [2.75, 3.05) is 10.0 Å². The molecule has 0 aliphatic carbocycles. The Morgan fingerprint density at radius 3 is 2.42 bits per heavy atom. The molecule has 0 radical (unpaired) electrons. The maximum atomic E-state index is 12.9. The highest BCUT2D eigenvalue weighted by atomic mass is 35.5. The number of halogens is 2. The number of hydrogen-bond donors (Lipinski definition) is 2. The molecule has 4 aromatic rings. The molecule has 33 heavy (non-hydrogen) atoms. The van der Waals surface area contributed by atoms with Gasteiger partial charge in [0.05, 0.1) is 27.7 Å². The molecule has 0 aliphatic rings. The Labute approximate surface area is 202 Å². The van der Waals surface area contributed by atoms with E-state index in [2.05, 4.69) is 10.0 Å². The number of sulfonamides is 1. The van der Waals surface area contributed by atoms with Gasteiger partial charge in [-0.05, 0) is 59.2 Å². The topological polar surface area (TPSA) is 75.3 Å². The number of carbonyl (C=O) groups is 1. The van der Waals surface area contributed by atoms with Crippen molar-refractivity contribution < 1.29 is 13.2 Å². The number of anilines is 2. The Hall–Kier alpha value is -3.06. The molecule has 5 nitrogen and oxygen atoms in total. The highest BCUT2D eigenvalue weighted by Gasteiger charge is 2.18. The van der Waals surface area contributed by atoms with Crippen molar-refractivity contribution in [3.05, 3.63) is 100 Å². The van der Waals surface area contributed by atoms with E-state index < -0.39 is 10.0 Å². The van der Waals surface area contributed by atoms with Crippen LogP contribution in [0.4, 0.5) is 11.4 Å². The summed E-state index contributed by atoms with van der Waals surface area (Å²) in [6, 6.07) is 22.6. The molecule has 2 N–H and O–H groups in total. The predicted molar refractivity (Wildman–Crippen MR) is 135 cm³/mol. The summed E-state index contributed by atoms with van der Waals surface area (Å²) in [6.45, 7) is 1.83. The number of fused-ring (bicyclic) bond motifs is 1. The van der Waals surface area contributed by atoms with Crippen LogP contribution in [0.1, 0.15) is 11.1 Å². The molecule has 0 spiro atoms. The molecular formula is C25H20Cl2N2O3S. The van der Waals surface area contributed by atoms with Crippen molar-refractivity contribution in [3.8, 4) is 0 Å². The van der Waals surface area contributed by atoms with E-state index in [1.54, 1.807) is 12.1 Å². The van der Waals surface area contributed by atoms with Crippen LogP contribution in [0.15, 0.2) is 83.8 Å². The Bertz CT molecular complexity index is 1460. The Balaban J connectivity index is 1.55. The fourth-order valence-electron chi connectivity index (χ4n) is 3.45. The summed E-state index contributed by atoms with van der Waals surface area (Å²) >= 11 is 12.3. The van der Waals surface area contributed by atoms with Crippen LogP contribution in [0.25, 0.3) is 10.8 Å². The van der Waals surface area contributed by atoms with Gasteiger partial charge in [0.1, 0.15) is 0 Å². The van der Waals surface area contributed by atoms with Crippen LogP contribution < -0.4 is 10.0 Å². The fraction of sp³-hybridized carbons (Fsp3) is 0.0800. The van der Waals surface area contributed by atoms with Gasteiger partial charge in [0.15, 0.2) is 0 Å². The fourth-order valence-corrected chi connectivity index (χ4v) is 4.87. The molecule has 4 aromatic carbocycles. The zero-order valence-corrected chi connectivity index (χ0v) is 19.9. The first-order valence-electron chi connectivity index (χ1n) is 10.1. The van der Waals surface area contributed by atoms with Crippen molar-refractivity contribution in [2.45, 2.75) is 18.2 Å². The Morgan fingerprint density at radius 1 is 0.879 bits per heavy atom. The van der Waals surface area contributed by atoms with Gasteiger partial charge in [-0.25, -0.2) is 8.42 Å². The van der Waals surface area contributed by atoms with Crippen molar-refractivity contribution in [1.29, 1.82) is 0 Å². The van der Waals surface area contributed by atoms with Gasteiger partial charge >= 0.3 is 0 Å². The Kier molecular flexibility index (Phi) is 6.61. The van der Waals surface area contributed by atoms with Crippen LogP contribution in [-0.2, 0) is 21.2 Å². The normalized spacial score (nSPS) is 11.4. The van der Waals surface area contributed by atoms with Crippen LogP contribution in [0, 0.1) is 6.92 Å². The van der Waals surface area contributed by atoms with E-state index in [0.717, 1.165) is 21.9 Å². The van der Waals surface area contributed by atoms with Crippen molar-refractivity contribution in [2.24, 2.45) is 0 Å². The van der Waals surface area contributed by atoms with Gasteiger partial charge in [0.25, 0.3) is 10.0 Å². The summed E-state index contributed by atoms with van der Waals surface area (Å²) in [5.41, 5.74) is 2.25. The average molecular weight is 499 g/mol. The van der Waals surface area contributed by atoms with Crippen molar-refractivity contribution in [3.63, 3.8) is 0 Å². The third kappa shape index (κ3) is 5.30. The van der Waals surface area contributed by atoms with Gasteiger partial charge in [0, 0.05) is 5.02 Å². The standard InChI is InChI=1S/C25H20Cl2N2O3S/c1-16-9-10-19(14-23(16)27)29-33(31,32)20-11-12-22(26)24(15-20)28-25(30)13-18-7-4-6-17-5-2-3-8-21(17)18/h2-12,14-15,29H,13H2,1H3,(H,28,30). The van der Waals surface area contributed by atoms with Gasteiger partial charge in [-0.3, -0.25) is 9.52 Å². The molecule has 0 fully saturated rings. The predicted octanol–water partition coefficient (Wildman–Crippen LogP) is 6.44. The third-order valence-corrected chi connectivity index (χ3v) is 7.29. The third-order valence-electron chi connectivity index (χ3n) is 5.18. The maximum absolute atomic E-state index is 12.9. The minimum absolute atomic E-state index is 0.0379. The van der Waals surface area contributed by atoms with Gasteiger partial charge in [0.2, 0.25) is 5.91 Å². The lowest BCUT2D eigenvalue weighted by Crippen LogP contribution is -2.17. The molecule has 0 heterocycles. The first-order valence-corrected chi connectivity index (χ1v) is 12.3. The lowest BCUT2D eigenvalue weighted by atomic mass is 10.0. The van der Waals surface area contributed by atoms with Crippen molar-refractivity contribution in [1.82, 2.24) is 0 Å². The van der Waals surface area contributed by atoms with Gasteiger partial charge in [-0.1, -0.05) is 71.7 Å². The monoisotopic (exact) mass is 498 g/mol.